The van der Waals surface area contributed by atoms with E-state index in [1.807, 2.05) is 19.1 Å². The third-order valence-corrected chi connectivity index (χ3v) is 4.91. The molecule has 1 saturated carbocycles. The van der Waals surface area contributed by atoms with Gasteiger partial charge in [-0.25, -0.2) is 0 Å². The second-order valence-corrected chi connectivity index (χ2v) is 5.85. The fraction of sp³-hybridized carbons (Fsp3) is 0.714. The summed E-state index contributed by atoms with van der Waals surface area (Å²) in [4.78, 5) is 2.48. The second kappa shape index (κ2) is 3.85. The third kappa shape index (κ3) is 1.64. The van der Waals surface area contributed by atoms with Crippen LogP contribution in [0.15, 0.2) is 16.5 Å². The van der Waals surface area contributed by atoms with Gasteiger partial charge in [-0.1, -0.05) is 0 Å². The molecule has 1 aromatic rings. The molecule has 1 atom stereocenters. The molecule has 3 heterocycles. The number of piperidine rings is 2. The number of hydrogen-bond donors (Lipinski definition) is 1. The van der Waals surface area contributed by atoms with E-state index in [1.54, 1.807) is 0 Å². The Hall–Kier alpha value is -0.800. The average molecular weight is 234 g/mol. The smallest absolute Gasteiger partial charge is 0.122 e. The number of hydrogen-bond acceptors (Lipinski definition) is 3. The monoisotopic (exact) mass is 234 g/mol. The molecule has 1 aliphatic carbocycles. The van der Waals surface area contributed by atoms with Crippen molar-refractivity contribution in [3.8, 4) is 0 Å². The van der Waals surface area contributed by atoms with Crippen LogP contribution in [0.25, 0.3) is 0 Å². The van der Waals surface area contributed by atoms with Gasteiger partial charge in [-0.05, 0) is 57.7 Å². The summed E-state index contributed by atoms with van der Waals surface area (Å²) in [5.41, 5.74) is 6.65. The maximum atomic E-state index is 6.51. The minimum Gasteiger partial charge on any atom is -0.465 e. The highest BCUT2D eigenvalue weighted by atomic mass is 16.3. The maximum Gasteiger partial charge on any atom is 0.122 e. The first kappa shape index (κ1) is 11.3. The Labute approximate surface area is 103 Å². The van der Waals surface area contributed by atoms with Gasteiger partial charge >= 0.3 is 0 Å². The van der Waals surface area contributed by atoms with Crippen LogP contribution in [0.4, 0.5) is 0 Å². The van der Waals surface area contributed by atoms with Gasteiger partial charge in [0.25, 0.3) is 0 Å². The van der Waals surface area contributed by atoms with Gasteiger partial charge in [0.15, 0.2) is 0 Å². The number of fused-ring (bicyclic) bond motifs is 3. The van der Waals surface area contributed by atoms with Crippen LogP contribution in [0.2, 0.25) is 0 Å². The molecule has 0 amide bonds. The standard InChI is InChI=1S/C14H22N2O/c1-10-3-4-12(17-10)13(15)14-7-5-11(6-8-14)9-16(14)2/h3-4,11,13H,5-9,15H2,1-2H3. The number of nitrogens with zero attached hydrogens (tertiary/aromatic N) is 1. The van der Waals surface area contributed by atoms with E-state index in [-0.39, 0.29) is 11.6 Å². The molecule has 3 heteroatoms. The summed E-state index contributed by atoms with van der Waals surface area (Å²) in [6.07, 6.45) is 5.10. The topological polar surface area (TPSA) is 42.4 Å². The van der Waals surface area contributed by atoms with Crippen molar-refractivity contribution in [1.29, 1.82) is 0 Å². The highest BCUT2D eigenvalue weighted by Crippen LogP contribution is 2.48. The Bertz CT molecular complexity index is 404. The van der Waals surface area contributed by atoms with Crippen molar-refractivity contribution >= 4 is 0 Å². The summed E-state index contributed by atoms with van der Waals surface area (Å²) in [6, 6.07) is 4.08. The number of likely N-dealkylation sites (N-methyl/N-ethyl adjacent to an activating group) is 1. The van der Waals surface area contributed by atoms with Crippen LogP contribution in [0, 0.1) is 12.8 Å². The highest BCUT2D eigenvalue weighted by Gasteiger charge is 2.49. The van der Waals surface area contributed by atoms with Crippen molar-refractivity contribution in [1.82, 2.24) is 4.90 Å². The number of rotatable bonds is 2. The Balaban J connectivity index is 1.91. The second-order valence-electron chi connectivity index (χ2n) is 5.85. The lowest BCUT2D eigenvalue weighted by atomic mass is 9.67. The summed E-state index contributed by atoms with van der Waals surface area (Å²) in [7, 11) is 2.22. The van der Waals surface area contributed by atoms with Crippen molar-refractivity contribution in [3.63, 3.8) is 0 Å². The van der Waals surface area contributed by atoms with Crippen molar-refractivity contribution in [3.05, 3.63) is 23.7 Å². The minimum absolute atomic E-state index is 0.0162. The molecule has 0 aromatic carbocycles. The quantitative estimate of drug-likeness (QED) is 0.854. The first-order valence-electron chi connectivity index (χ1n) is 6.65. The van der Waals surface area contributed by atoms with Crippen molar-refractivity contribution in [2.45, 2.75) is 44.2 Å². The van der Waals surface area contributed by atoms with Gasteiger partial charge in [-0.15, -0.1) is 0 Å². The zero-order chi connectivity index (χ0) is 12.0. The molecule has 0 radical (unpaired) electrons. The van der Waals surface area contributed by atoms with Crippen molar-refractivity contribution in [2.24, 2.45) is 11.7 Å². The third-order valence-electron chi connectivity index (χ3n) is 4.91. The lowest BCUT2D eigenvalue weighted by Crippen LogP contribution is -2.61. The van der Waals surface area contributed by atoms with E-state index >= 15 is 0 Å². The first-order valence-corrected chi connectivity index (χ1v) is 6.65. The average Bonchev–Trinajstić information content (AvgIpc) is 2.76. The van der Waals surface area contributed by atoms with Gasteiger partial charge in [-0.3, -0.25) is 4.90 Å². The van der Waals surface area contributed by atoms with Crippen molar-refractivity contribution in [2.75, 3.05) is 13.6 Å². The van der Waals surface area contributed by atoms with Crippen LogP contribution in [0.3, 0.4) is 0 Å². The molecule has 0 spiro atoms. The van der Waals surface area contributed by atoms with Crippen molar-refractivity contribution < 1.29 is 4.42 Å². The molecular formula is C14H22N2O. The van der Waals surface area contributed by atoms with E-state index in [4.69, 9.17) is 10.2 Å². The van der Waals surface area contributed by atoms with E-state index < -0.39 is 0 Å². The predicted octanol–water partition coefficient (Wildman–Crippen LogP) is 2.46. The molecule has 2 saturated heterocycles. The van der Waals surface area contributed by atoms with Crippen LogP contribution < -0.4 is 5.73 Å². The molecule has 1 aromatic heterocycles. The van der Waals surface area contributed by atoms with Crippen LogP contribution >= 0.6 is 0 Å². The molecule has 4 rings (SSSR count). The fourth-order valence-corrected chi connectivity index (χ4v) is 3.74. The maximum absolute atomic E-state index is 6.51. The van der Waals surface area contributed by atoms with Crippen LogP contribution in [0.1, 0.15) is 43.2 Å². The zero-order valence-electron chi connectivity index (χ0n) is 10.8. The molecule has 17 heavy (non-hydrogen) atoms. The summed E-state index contributed by atoms with van der Waals surface area (Å²) >= 11 is 0. The summed E-state index contributed by atoms with van der Waals surface area (Å²) in [5, 5.41) is 0. The number of aryl methyl sites for hydroxylation is 1. The molecule has 3 fully saturated rings. The Morgan fingerprint density at radius 3 is 2.65 bits per heavy atom. The molecule has 2 N–H and O–H groups in total. The highest BCUT2D eigenvalue weighted by molar-refractivity contribution is 5.17. The molecule has 3 aliphatic rings. The van der Waals surface area contributed by atoms with E-state index in [9.17, 15) is 0 Å². The normalized spacial score (nSPS) is 35.1. The largest absolute Gasteiger partial charge is 0.465 e. The molecule has 94 valence electrons. The summed E-state index contributed by atoms with van der Waals surface area (Å²) < 4.78 is 5.74. The van der Waals surface area contributed by atoms with Crippen LogP contribution in [-0.2, 0) is 0 Å². The van der Waals surface area contributed by atoms with E-state index in [0.29, 0.717) is 0 Å². The van der Waals surface area contributed by atoms with E-state index in [0.717, 1.165) is 17.4 Å². The van der Waals surface area contributed by atoms with Crippen LogP contribution in [0.5, 0.6) is 0 Å². The minimum atomic E-state index is 0.0162. The summed E-state index contributed by atoms with van der Waals surface area (Å²) in [5.74, 6) is 2.81. The Morgan fingerprint density at radius 2 is 2.12 bits per heavy atom. The van der Waals surface area contributed by atoms with Gasteiger partial charge < -0.3 is 10.2 Å². The number of furan rings is 1. The van der Waals surface area contributed by atoms with E-state index in [2.05, 4.69) is 11.9 Å². The molecule has 3 nitrogen and oxygen atoms in total. The Morgan fingerprint density at radius 1 is 1.41 bits per heavy atom. The van der Waals surface area contributed by atoms with Gasteiger partial charge in [0, 0.05) is 12.1 Å². The first-order chi connectivity index (χ1) is 8.12. The fourth-order valence-electron chi connectivity index (χ4n) is 3.74. The zero-order valence-corrected chi connectivity index (χ0v) is 10.8. The molecular weight excluding hydrogens is 212 g/mol. The lowest BCUT2D eigenvalue weighted by molar-refractivity contribution is -0.0376. The lowest BCUT2D eigenvalue weighted by Gasteiger charge is -2.55. The molecule has 2 bridgehead atoms. The molecule has 2 aliphatic heterocycles. The van der Waals surface area contributed by atoms with Crippen LogP contribution in [-0.4, -0.2) is 24.0 Å². The Kier molecular flexibility index (Phi) is 2.56. The van der Waals surface area contributed by atoms with Gasteiger partial charge in [0.2, 0.25) is 0 Å². The van der Waals surface area contributed by atoms with Gasteiger partial charge in [0.1, 0.15) is 11.5 Å². The summed E-state index contributed by atoms with van der Waals surface area (Å²) in [6.45, 7) is 3.18. The number of nitrogens with two attached hydrogens (primary N) is 1. The van der Waals surface area contributed by atoms with Gasteiger partial charge in [0.05, 0.1) is 6.04 Å². The molecule has 1 unspecified atom stereocenters. The van der Waals surface area contributed by atoms with E-state index in [1.165, 1.54) is 32.2 Å². The van der Waals surface area contributed by atoms with Gasteiger partial charge in [-0.2, -0.15) is 0 Å². The SMILES string of the molecule is Cc1ccc(C(N)C23CCC(CC2)CN3C)o1. The predicted molar refractivity (Wildman–Crippen MR) is 67.7 cm³/mol.